The number of morpholine rings is 1. The molecule has 1 saturated heterocycles. The fourth-order valence-electron chi connectivity index (χ4n) is 1.86. The van der Waals surface area contributed by atoms with Gasteiger partial charge in [0.1, 0.15) is 5.82 Å². The van der Waals surface area contributed by atoms with Gasteiger partial charge in [-0.3, -0.25) is 4.79 Å². The Morgan fingerprint density at radius 1 is 1.67 bits per heavy atom. The Morgan fingerprint density at radius 3 is 3.17 bits per heavy atom. The van der Waals surface area contributed by atoms with Gasteiger partial charge in [-0.25, -0.2) is 4.98 Å². The van der Waals surface area contributed by atoms with Gasteiger partial charge in [-0.1, -0.05) is 0 Å². The highest BCUT2D eigenvalue weighted by Gasteiger charge is 2.21. The summed E-state index contributed by atoms with van der Waals surface area (Å²) in [6, 6.07) is 3.95. The van der Waals surface area contributed by atoms with E-state index < -0.39 is 0 Å². The second-order valence-corrected chi connectivity index (χ2v) is 5.13. The van der Waals surface area contributed by atoms with E-state index in [2.05, 4.69) is 31.1 Å². The molecule has 2 rings (SSSR count). The normalized spacial score (nSPS) is 19.7. The molecule has 0 radical (unpaired) electrons. The number of carbonyl (C=O) groups excluding carboxylic acids is 1. The van der Waals surface area contributed by atoms with Gasteiger partial charge in [0.2, 0.25) is 5.91 Å². The molecular formula is C12H16BrN3O2. The van der Waals surface area contributed by atoms with Crippen molar-refractivity contribution in [3.05, 3.63) is 22.8 Å². The number of nitrogens with one attached hydrogen (secondary N) is 1. The monoisotopic (exact) mass is 313 g/mol. The molecule has 1 aliphatic heterocycles. The van der Waals surface area contributed by atoms with Gasteiger partial charge in [0, 0.05) is 37.2 Å². The molecule has 1 atom stereocenters. The van der Waals surface area contributed by atoms with Crippen LogP contribution in [0.2, 0.25) is 0 Å². The maximum absolute atomic E-state index is 10.9. The molecule has 1 unspecified atom stereocenters. The summed E-state index contributed by atoms with van der Waals surface area (Å²) in [5, 5.41) is 2.78. The fraction of sp³-hybridized carbons (Fsp3) is 0.500. The minimum absolute atomic E-state index is 0.0214. The number of ether oxygens (including phenoxy) is 1. The lowest BCUT2D eigenvalue weighted by molar-refractivity contribution is -0.119. The van der Waals surface area contributed by atoms with E-state index in [0.29, 0.717) is 13.2 Å². The zero-order valence-corrected chi connectivity index (χ0v) is 11.8. The summed E-state index contributed by atoms with van der Waals surface area (Å²) < 4.78 is 6.58. The van der Waals surface area contributed by atoms with Crippen molar-refractivity contribution in [3.63, 3.8) is 0 Å². The Morgan fingerprint density at radius 2 is 2.50 bits per heavy atom. The molecule has 1 aromatic rings. The van der Waals surface area contributed by atoms with E-state index in [4.69, 9.17) is 4.74 Å². The molecule has 1 amide bonds. The summed E-state index contributed by atoms with van der Waals surface area (Å²) in [6.45, 7) is 4.28. The highest BCUT2D eigenvalue weighted by Crippen LogP contribution is 2.17. The first-order valence-corrected chi connectivity index (χ1v) is 6.67. The highest BCUT2D eigenvalue weighted by molar-refractivity contribution is 9.10. The number of hydrogen-bond acceptors (Lipinski definition) is 4. The van der Waals surface area contributed by atoms with E-state index in [0.717, 1.165) is 23.4 Å². The van der Waals surface area contributed by atoms with Gasteiger partial charge in [0.15, 0.2) is 0 Å². The van der Waals surface area contributed by atoms with Crippen molar-refractivity contribution in [3.8, 4) is 0 Å². The predicted octanol–water partition coefficient (Wildman–Crippen LogP) is 1.19. The van der Waals surface area contributed by atoms with Gasteiger partial charge >= 0.3 is 0 Å². The van der Waals surface area contributed by atoms with Gasteiger partial charge in [0.05, 0.1) is 12.7 Å². The molecular weight excluding hydrogens is 298 g/mol. The Hall–Kier alpha value is -1.14. The third-order valence-corrected chi connectivity index (χ3v) is 3.22. The van der Waals surface area contributed by atoms with Gasteiger partial charge in [-0.2, -0.15) is 0 Å². The van der Waals surface area contributed by atoms with E-state index in [9.17, 15) is 4.79 Å². The molecule has 0 saturated carbocycles. The minimum atomic E-state index is -0.0301. The lowest BCUT2D eigenvalue weighted by Crippen LogP contribution is -2.47. The van der Waals surface area contributed by atoms with Crippen molar-refractivity contribution in [2.24, 2.45) is 0 Å². The molecule has 0 bridgehead atoms. The third-order valence-electron chi connectivity index (χ3n) is 2.75. The van der Waals surface area contributed by atoms with Crippen LogP contribution in [0.25, 0.3) is 0 Å². The lowest BCUT2D eigenvalue weighted by atomic mass is 10.2. The molecule has 18 heavy (non-hydrogen) atoms. The quantitative estimate of drug-likeness (QED) is 0.910. The SMILES string of the molecule is CC(=O)NCC1CN(c2ccc(Br)cn2)CCO1. The summed E-state index contributed by atoms with van der Waals surface area (Å²) in [5.74, 6) is 0.909. The van der Waals surface area contributed by atoms with Crippen LogP contribution in [0.4, 0.5) is 5.82 Å². The molecule has 6 heteroatoms. The van der Waals surface area contributed by atoms with Gasteiger partial charge in [-0.15, -0.1) is 0 Å². The van der Waals surface area contributed by atoms with Gasteiger partial charge in [0.25, 0.3) is 0 Å². The Bertz CT molecular complexity index is 410. The second-order valence-electron chi connectivity index (χ2n) is 4.21. The number of rotatable bonds is 3. The smallest absolute Gasteiger partial charge is 0.216 e. The van der Waals surface area contributed by atoms with E-state index in [1.54, 1.807) is 6.20 Å². The van der Waals surface area contributed by atoms with Crippen molar-refractivity contribution < 1.29 is 9.53 Å². The second kappa shape index (κ2) is 6.15. The van der Waals surface area contributed by atoms with E-state index in [-0.39, 0.29) is 12.0 Å². The first kappa shape index (κ1) is 13.3. The van der Waals surface area contributed by atoms with Crippen LogP contribution in [0.1, 0.15) is 6.92 Å². The largest absolute Gasteiger partial charge is 0.373 e. The Balaban J connectivity index is 1.93. The van der Waals surface area contributed by atoms with Crippen molar-refractivity contribution in [2.45, 2.75) is 13.0 Å². The standard InChI is InChI=1S/C12H16BrN3O2/c1-9(17)14-7-11-8-16(4-5-18-11)12-3-2-10(13)6-15-12/h2-3,6,11H,4-5,7-8H2,1H3,(H,14,17). The molecule has 1 fully saturated rings. The van der Waals surface area contributed by atoms with E-state index >= 15 is 0 Å². The summed E-state index contributed by atoms with van der Waals surface area (Å²) in [6.07, 6.45) is 1.81. The molecule has 0 aliphatic carbocycles. The summed E-state index contributed by atoms with van der Waals surface area (Å²) in [4.78, 5) is 17.4. The predicted molar refractivity (Wildman–Crippen MR) is 72.6 cm³/mol. The van der Waals surface area contributed by atoms with Crippen LogP contribution >= 0.6 is 15.9 Å². The first-order chi connectivity index (χ1) is 8.65. The van der Waals surface area contributed by atoms with Crippen molar-refractivity contribution in [1.29, 1.82) is 0 Å². The zero-order chi connectivity index (χ0) is 13.0. The maximum atomic E-state index is 10.9. The Labute approximate surface area is 115 Å². The average molecular weight is 314 g/mol. The molecule has 1 aliphatic rings. The molecule has 0 spiro atoms. The number of halogens is 1. The first-order valence-electron chi connectivity index (χ1n) is 5.87. The number of aromatic nitrogens is 1. The van der Waals surface area contributed by atoms with Crippen molar-refractivity contribution >= 4 is 27.7 Å². The molecule has 2 heterocycles. The van der Waals surface area contributed by atoms with E-state index in [1.165, 1.54) is 6.92 Å². The van der Waals surface area contributed by atoms with Crippen LogP contribution < -0.4 is 10.2 Å². The van der Waals surface area contributed by atoms with Crippen LogP contribution in [-0.4, -0.2) is 43.2 Å². The van der Waals surface area contributed by atoms with Crippen molar-refractivity contribution in [2.75, 3.05) is 31.1 Å². The highest BCUT2D eigenvalue weighted by atomic mass is 79.9. The van der Waals surface area contributed by atoms with Crippen LogP contribution in [0.5, 0.6) is 0 Å². The zero-order valence-electron chi connectivity index (χ0n) is 10.2. The van der Waals surface area contributed by atoms with Crippen LogP contribution in [0.3, 0.4) is 0 Å². The summed E-state index contributed by atoms with van der Waals surface area (Å²) in [5.41, 5.74) is 0. The molecule has 0 aromatic carbocycles. The number of nitrogens with zero attached hydrogens (tertiary/aromatic N) is 2. The molecule has 1 N–H and O–H groups in total. The van der Waals surface area contributed by atoms with Gasteiger partial charge in [-0.05, 0) is 28.1 Å². The summed E-state index contributed by atoms with van der Waals surface area (Å²) >= 11 is 3.37. The number of hydrogen-bond donors (Lipinski definition) is 1. The van der Waals surface area contributed by atoms with Gasteiger partial charge < -0.3 is 15.0 Å². The van der Waals surface area contributed by atoms with Crippen LogP contribution in [-0.2, 0) is 9.53 Å². The number of anilines is 1. The number of pyridine rings is 1. The number of amides is 1. The van der Waals surface area contributed by atoms with Crippen LogP contribution in [0.15, 0.2) is 22.8 Å². The molecule has 5 nitrogen and oxygen atoms in total. The summed E-state index contributed by atoms with van der Waals surface area (Å²) in [7, 11) is 0. The van der Waals surface area contributed by atoms with E-state index in [1.807, 2.05) is 12.1 Å². The average Bonchev–Trinajstić information content (AvgIpc) is 2.37. The molecule has 98 valence electrons. The maximum Gasteiger partial charge on any atom is 0.216 e. The third kappa shape index (κ3) is 3.68. The number of carbonyl (C=O) groups is 1. The topological polar surface area (TPSA) is 54.5 Å². The van der Waals surface area contributed by atoms with Crippen molar-refractivity contribution in [1.82, 2.24) is 10.3 Å². The Kier molecular flexibility index (Phi) is 4.54. The molecule has 1 aromatic heterocycles. The minimum Gasteiger partial charge on any atom is -0.373 e. The van der Waals surface area contributed by atoms with Crippen LogP contribution in [0, 0.1) is 0 Å². The fourth-order valence-corrected chi connectivity index (χ4v) is 2.10. The lowest BCUT2D eigenvalue weighted by Gasteiger charge is -2.33.